The Hall–Kier alpha value is -2.34. The summed E-state index contributed by atoms with van der Waals surface area (Å²) in [6, 6.07) is 13.7. The van der Waals surface area contributed by atoms with E-state index in [0.29, 0.717) is 12.3 Å². The van der Waals surface area contributed by atoms with Crippen molar-refractivity contribution in [3.63, 3.8) is 0 Å². The van der Waals surface area contributed by atoms with Crippen LogP contribution in [0.3, 0.4) is 0 Å². The minimum atomic E-state index is 0.101. The first-order valence-corrected chi connectivity index (χ1v) is 6.57. The fourth-order valence-corrected chi connectivity index (χ4v) is 1.84. The summed E-state index contributed by atoms with van der Waals surface area (Å²) in [4.78, 5) is 3.94. The Morgan fingerprint density at radius 3 is 2.70 bits per heavy atom. The number of hydrogen-bond acceptors (Lipinski definition) is 3. The van der Waals surface area contributed by atoms with E-state index in [-0.39, 0.29) is 5.41 Å². The maximum Gasteiger partial charge on any atom is 0.140 e. The van der Waals surface area contributed by atoms with Gasteiger partial charge in [-0.15, -0.1) is 0 Å². The first kappa shape index (κ1) is 14.1. The average Bonchev–Trinajstić information content (AvgIpc) is 2.45. The molecular weight excluding hydrogens is 248 g/mol. The van der Waals surface area contributed by atoms with Gasteiger partial charge in [0.2, 0.25) is 0 Å². The van der Waals surface area contributed by atoms with Crippen LogP contribution in [0.15, 0.2) is 42.6 Å². The molecule has 0 atom stereocenters. The van der Waals surface area contributed by atoms with Crippen LogP contribution in [0.4, 0.5) is 0 Å². The van der Waals surface area contributed by atoms with Crippen LogP contribution in [-0.4, -0.2) is 4.98 Å². The molecule has 2 aromatic rings. The highest BCUT2D eigenvalue weighted by Gasteiger charge is 2.13. The van der Waals surface area contributed by atoms with Gasteiger partial charge in [-0.3, -0.25) is 0 Å². The Labute approximate surface area is 119 Å². The van der Waals surface area contributed by atoms with E-state index in [0.717, 1.165) is 11.3 Å². The second-order valence-electron chi connectivity index (χ2n) is 5.73. The molecule has 0 bridgehead atoms. The maximum absolute atomic E-state index is 8.82. The molecule has 0 fully saturated rings. The van der Waals surface area contributed by atoms with Crippen LogP contribution in [0.1, 0.15) is 37.6 Å². The Bertz CT molecular complexity index is 636. The monoisotopic (exact) mass is 266 g/mol. The molecule has 0 spiro atoms. The van der Waals surface area contributed by atoms with Gasteiger partial charge in [-0.1, -0.05) is 32.9 Å². The minimum absolute atomic E-state index is 0.101. The molecule has 102 valence electrons. The first-order chi connectivity index (χ1) is 9.49. The maximum atomic E-state index is 8.82. The molecule has 20 heavy (non-hydrogen) atoms. The lowest BCUT2D eigenvalue weighted by atomic mass is 9.87. The normalized spacial score (nSPS) is 10.9. The number of benzene rings is 1. The van der Waals surface area contributed by atoms with Gasteiger partial charge in [0.1, 0.15) is 24.1 Å². The molecule has 0 aliphatic carbocycles. The van der Waals surface area contributed by atoms with E-state index in [9.17, 15) is 0 Å². The van der Waals surface area contributed by atoms with Crippen molar-refractivity contribution in [2.75, 3.05) is 0 Å². The van der Waals surface area contributed by atoms with Crippen LogP contribution in [0.5, 0.6) is 5.75 Å². The van der Waals surface area contributed by atoms with E-state index < -0.39 is 0 Å². The van der Waals surface area contributed by atoms with Crippen molar-refractivity contribution >= 4 is 0 Å². The van der Waals surface area contributed by atoms with Crippen molar-refractivity contribution < 1.29 is 4.74 Å². The Balaban J connectivity index is 2.09. The van der Waals surface area contributed by atoms with Crippen molar-refractivity contribution in [2.24, 2.45) is 0 Å². The zero-order valence-corrected chi connectivity index (χ0v) is 12.1. The molecular formula is C17H18N2O. The molecule has 0 radical (unpaired) electrons. The number of rotatable bonds is 3. The van der Waals surface area contributed by atoms with Gasteiger partial charge in [-0.2, -0.15) is 5.26 Å². The molecule has 2 rings (SSSR count). The molecule has 1 aromatic carbocycles. The highest BCUT2D eigenvalue weighted by atomic mass is 16.5. The third kappa shape index (κ3) is 3.58. The summed E-state index contributed by atoms with van der Waals surface area (Å²) in [5.74, 6) is 0.841. The molecule has 0 amide bonds. The largest absolute Gasteiger partial charge is 0.489 e. The first-order valence-electron chi connectivity index (χ1n) is 6.57. The molecule has 0 aliphatic heterocycles. The van der Waals surface area contributed by atoms with E-state index >= 15 is 0 Å². The van der Waals surface area contributed by atoms with Gasteiger partial charge in [0.05, 0.1) is 0 Å². The van der Waals surface area contributed by atoms with Gasteiger partial charge in [-0.05, 0) is 40.8 Å². The van der Waals surface area contributed by atoms with E-state index in [1.807, 2.05) is 24.3 Å². The molecule has 3 nitrogen and oxygen atoms in total. The number of nitrogens with zero attached hydrogens (tertiary/aromatic N) is 2. The minimum Gasteiger partial charge on any atom is -0.489 e. The summed E-state index contributed by atoms with van der Waals surface area (Å²) in [5.41, 5.74) is 2.69. The third-order valence-corrected chi connectivity index (χ3v) is 3.04. The summed E-state index contributed by atoms with van der Waals surface area (Å²) in [5, 5.41) is 8.82. The van der Waals surface area contributed by atoms with E-state index in [4.69, 9.17) is 10.00 Å². The highest BCUT2D eigenvalue weighted by Crippen LogP contribution is 2.25. The van der Waals surface area contributed by atoms with Crippen molar-refractivity contribution in [3.05, 3.63) is 59.4 Å². The molecule has 0 saturated carbocycles. The van der Waals surface area contributed by atoms with Crippen molar-refractivity contribution in [2.45, 2.75) is 32.8 Å². The van der Waals surface area contributed by atoms with Gasteiger partial charge < -0.3 is 4.74 Å². The fourth-order valence-electron chi connectivity index (χ4n) is 1.84. The van der Waals surface area contributed by atoms with Gasteiger partial charge in [0, 0.05) is 6.20 Å². The van der Waals surface area contributed by atoms with Gasteiger partial charge in [0.25, 0.3) is 0 Å². The molecule has 1 aromatic heterocycles. The van der Waals surface area contributed by atoms with E-state index in [2.05, 4.69) is 37.9 Å². The lowest BCUT2D eigenvalue weighted by Crippen LogP contribution is -2.11. The molecule has 1 heterocycles. The summed E-state index contributed by atoms with van der Waals surface area (Å²) in [6.07, 6.45) is 1.63. The van der Waals surface area contributed by atoms with Crippen LogP contribution in [0, 0.1) is 11.3 Å². The van der Waals surface area contributed by atoms with Crippen molar-refractivity contribution in [1.29, 1.82) is 5.26 Å². The van der Waals surface area contributed by atoms with Gasteiger partial charge in [-0.25, -0.2) is 4.98 Å². The fraction of sp³-hybridized carbons (Fsp3) is 0.294. The summed E-state index contributed by atoms with van der Waals surface area (Å²) >= 11 is 0. The predicted octanol–water partition coefficient (Wildman–Crippen LogP) is 3.83. The van der Waals surface area contributed by atoms with Crippen LogP contribution < -0.4 is 4.74 Å². The zero-order chi connectivity index (χ0) is 14.6. The molecule has 0 saturated heterocycles. The smallest absolute Gasteiger partial charge is 0.140 e. The van der Waals surface area contributed by atoms with Gasteiger partial charge in [0.15, 0.2) is 0 Å². The van der Waals surface area contributed by atoms with Crippen LogP contribution in [-0.2, 0) is 12.0 Å². The van der Waals surface area contributed by atoms with E-state index in [1.54, 1.807) is 12.3 Å². The summed E-state index contributed by atoms with van der Waals surface area (Å²) < 4.78 is 5.79. The number of ether oxygens (including phenoxy) is 1. The number of aromatic nitrogens is 1. The van der Waals surface area contributed by atoms with Crippen LogP contribution in [0.2, 0.25) is 0 Å². The van der Waals surface area contributed by atoms with Crippen LogP contribution in [0.25, 0.3) is 0 Å². The topological polar surface area (TPSA) is 45.9 Å². The third-order valence-electron chi connectivity index (χ3n) is 3.04. The summed E-state index contributed by atoms with van der Waals surface area (Å²) in [7, 11) is 0. The van der Waals surface area contributed by atoms with Crippen molar-refractivity contribution in [1.82, 2.24) is 4.98 Å². The highest BCUT2D eigenvalue weighted by molar-refractivity contribution is 5.33. The van der Waals surface area contributed by atoms with Crippen molar-refractivity contribution in [3.8, 4) is 11.8 Å². The standard InChI is InChI=1S/C17H18N2O/c1-17(2,3)14-5-4-6-16(10-14)20-12-13-7-8-19-15(9-13)11-18/h4-10H,12H2,1-3H3. The number of nitriles is 1. The second kappa shape index (κ2) is 5.75. The molecule has 3 heteroatoms. The SMILES string of the molecule is CC(C)(C)c1cccc(OCc2ccnc(C#N)c2)c1. The Kier molecular flexibility index (Phi) is 4.05. The molecule has 0 aliphatic rings. The zero-order valence-electron chi connectivity index (χ0n) is 12.1. The lowest BCUT2D eigenvalue weighted by molar-refractivity contribution is 0.305. The Morgan fingerprint density at radius 2 is 2.00 bits per heavy atom. The van der Waals surface area contributed by atoms with Crippen LogP contribution >= 0.6 is 0 Å². The second-order valence-corrected chi connectivity index (χ2v) is 5.73. The van der Waals surface area contributed by atoms with E-state index in [1.165, 1.54) is 5.56 Å². The van der Waals surface area contributed by atoms with Gasteiger partial charge >= 0.3 is 0 Å². The average molecular weight is 266 g/mol. The quantitative estimate of drug-likeness (QED) is 0.848. The lowest BCUT2D eigenvalue weighted by Gasteiger charge is -2.19. The number of hydrogen-bond donors (Lipinski definition) is 0. The molecule has 0 unspecified atom stereocenters. The predicted molar refractivity (Wildman–Crippen MR) is 78.4 cm³/mol. The summed E-state index contributed by atoms with van der Waals surface area (Å²) in [6.45, 7) is 6.96. The number of pyridine rings is 1. The molecule has 0 N–H and O–H groups in total. The Morgan fingerprint density at radius 1 is 1.20 bits per heavy atom.